The van der Waals surface area contributed by atoms with Crippen LogP contribution >= 0.6 is 0 Å². The fourth-order valence-electron chi connectivity index (χ4n) is 1.84. The lowest BCUT2D eigenvalue weighted by molar-refractivity contribution is 0.0955. The molecule has 21 heavy (non-hydrogen) atoms. The van der Waals surface area contributed by atoms with E-state index in [4.69, 9.17) is 0 Å². The largest absolute Gasteiger partial charge is 0.508 e. The molecule has 0 aromatic heterocycles. The number of hydrogen-bond donors (Lipinski definition) is 3. The second-order valence-corrected chi connectivity index (χ2v) is 4.42. The number of para-hydroxylation sites is 1. The summed E-state index contributed by atoms with van der Waals surface area (Å²) in [6.45, 7) is 1.89. The number of amides is 1. The van der Waals surface area contributed by atoms with Crippen LogP contribution in [-0.2, 0) is 0 Å². The minimum absolute atomic E-state index is 0.0958. The fraction of sp³-hybridized carbons (Fsp3) is 0.125. The molecular formula is C16H16N2O3. The number of hydrazone groups is 1. The number of hydrogen-bond acceptors (Lipinski definition) is 4. The van der Waals surface area contributed by atoms with Gasteiger partial charge in [-0.3, -0.25) is 4.79 Å². The van der Waals surface area contributed by atoms with E-state index in [1.54, 1.807) is 24.3 Å². The quantitative estimate of drug-likeness (QED) is 0.596. The van der Waals surface area contributed by atoms with Gasteiger partial charge in [-0.15, -0.1) is 0 Å². The van der Waals surface area contributed by atoms with Crippen molar-refractivity contribution in [3.05, 3.63) is 59.7 Å². The van der Waals surface area contributed by atoms with Crippen LogP contribution in [0.15, 0.2) is 53.6 Å². The second kappa shape index (κ2) is 6.56. The van der Waals surface area contributed by atoms with Crippen LogP contribution in [0.3, 0.4) is 0 Å². The van der Waals surface area contributed by atoms with E-state index in [9.17, 15) is 15.0 Å². The Morgan fingerprint density at radius 3 is 2.38 bits per heavy atom. The number of phenolic OH excluding ortho intramolecular Hbond substituents is 2. The van der Waals surface area contributed by atoms with Gasteiger partial charge in [0.05, 0.1) is 5.71 Å². The van der Waals surface area contributed by atoms with Crippen molar-refractivity contribution in [1.29, 1.82) is 0 Å². The van der Waals surface area contributed by atoms with Crippen LogP contribution in [-0.4, -0.2) is 21.8 Å². The molecule has 2 aromatic rings. The van der Waals surface area contributed by atoms with Crippen molar-refractivity contribution < 1.29 is 15.0 Å². The Kier molecular flexibility index (Phi) is 4.56. The highest BCUT2D eigenvalue weighted by molar-refractivity contribution is 6.03. The topological polar surface area (TPSA) is 81.9 Å². The zero-order valence-electron chi connectivity index (χ0n) is 11.6. The molecule has 0 atom stereocenters. The average molecular weight is 284 g/mol. The molecule has 0 saturated carbocycles. The van der Waals surface area contributed by atoms with E-state index in [-0.39, 0.29) is 17.4 Å². The molecule has 0 heterocycles. The predicted molar refractivity (Wildman–Crippen MR) is 80.5 cm³/mol. The first-order valence-electron chi connectivity index (χ1n) is 6.56. The maximum atomic E-state index is 11.9. The van der Waals surface area contributed by atoms with Crippen LogP contribution in [0.2, 0.25) is 0 Å². The van der Waals surface area contributed by atoms with E-state index < -0.39 is 0 Å². The standard InChI is InChI=1S/C16H16N2O3/c1-2-14(13-5-3-4-6-15(13)20)17-18-16(21)11-7-9-12(19)10-8-11/h3-10,19-20H,2H2,1H3,(H,18,21)/b17-14+. The summed E-state index contributed by atoms with van der Waals surface area (Å²) >= 11 is 0. The average Bonchev–Trinajstić information content (AvgIpc) is 2.50. The van der Waals surface area contributed by atoms with Crippen molar-refractivity contribution in [2.75, 3.05) is 0 Å². The number of nitrogens with one attached hydrogen (secondary N) is 1. The molecule has 0 spiro atoms. The van der Waals surface area contributed by atoms with Crippen molar-refractivity contribution in [2.45, 2.75) is 13.3 Å². The first-order valence-corrected chi connectivity index (χ1v) is 6.56. The van der Waals surface area contributed by atoms with Crippen molar-refractivity contribution in [3.8, 4) is 11.5 Å². The van der Waals surface area contributed by atoms with Gasteiger partial charge in [-0.25, -0.2) is 5.43 Å². The van der Waals surface area contributed by atoms with E-state index >= 15 is 0 Å². The lowest BCUT2D eigenvalue weighted by Gasteiger charge is -2.07. The highest BCUT2D eigenvalue weighted by Crippen LogP contribution is 2.18. The van der Waals surface area contributed by atoms with E-state index in [0.717, 1.165) is 0 Å². The summed E-state index contributed by atoms with van der Waals surface area (Å²) in [6.07, 6.45) is 0.563. The highest BCUT2D eigenvalue weighted by atomic mass is 16.3. The van der Waals surface area contributed by atoms with Crippen molar-refractivity contribution in [2.24, 2.45) is 5.10 Å². The van der Waals surface area contributed by atoms with Crippen molar-refractivity contribution >= 4 is 11.6 Å². The smallest absolute Gasteiger partial charge is 0.271 e. The minimum atomic E-state index is -0.378. The Bertz CT molecular complexity index is 663. The summed E-state index contributed by atoms with van der Waals surface area (Å²) in [5.74, 6) is -0.160. The fourth-order valence-corrected chi connectivity index (χ4v) is 1.84. The zero-order chi connectivity index (χ0) is 15.2. The molecule has 0 saturated heterocycles. The Morgan fingerprint density at radius 2 is 1.76 bits per heavy atom. The molecule has 0 bridgehead atoms. The van der Waals surface area contributed by atoms with Crippen molar-refractivity contribution in [3.63, 3.8) is 0 Å². The van der Waals surface area contributed by atoms with Gasteiger partial charge >= 0.3 is 0 Å². The minimum Gasteiger partial charge on any atom is -0.508 e. The number of aromatic hydroxyl groups is 2. The van der Waals surface area contributed by atoms with Gasteiger partial charge in [0.1, 0.15) is 11.5 Å². The Labute approximate surface area is 122 Å². The third-order valence-corrected chi connectivity index (χ3v) is 2.97. The molecule has 0 aliphatic carbocycles. The molecule has 108 valence electrons. The summed E-state index contributed by atoms with van der Waals surface area (Å²) in [5.41, 5.74) is 4.02. The van der Waals surface area contributed by atoms with Gasteiger partial charge in [0, 0.05) is 11.1 Å². The van der Waals surface area contributed by atoms with Gasteiger partial charge in [-0.1, -0.05) is 19.1 Å². The molecule has 3 N–H and O–H groups in total. The van der Waals surface area contributed by atoms with Crippen LogP contribution in [0.1, 0.15) is 29.3 Å². The second-order valence-electron chi connectivity index (χ2n) is 4.42. The van der Waals surface area contributed by atoms with Crippen LogP contribution in [0.5, 0.6) is 11.5 Å². The molecule has 5 heteroatoms. The SMILES string of the molecule is CC/C(=N\NC(=O)c1ccc(O)cc1)c1ccccc1O. The molecular weight excluding hydrogens is 268 g/mol. The molecule has 0 aliphatic rings. The molecule has 0 fully saturated rings. The summed E-state index contributed by atoms with van der Waals surface area (Å²) in [6, 6.07) is 12.7. The third kappa shape index (κ3) is 3.60. The molecule has 5 nitrogen and oxygen atoms in total. The zero-order valence-corrected chi connectivity index (χ0v) is 11.6. The summed E-state index contributed by atoms with van der Waals surface area (Å²) in [7, 11) is 0. The number of phenols is 2. The maximum Gasteiger partial charge on any atom is 0.271 e. The molecule has 2 aromatic carbocycles. The Morgan fingerprint density at radius 1 is 1.10 bits per heavy atom. The Hall–Kier alpha value is -2.82. The summed E-state index contributed by atoms with van der Waals surface area (Å²) in [5, 5.41) is 23.1. The predicted octanol–water partition coefficient (Wildman–Crippen LogP) is 2.64. The summed E-state index contributed by atoms with van der Waals surface area (Å²) < 4.78 is 0. The number of carbonyl (C=O) groups is 1. The number of nitrogens with zero attached hydrogens (tertiary/aromatic N) is 1. The van der Waals surface area contributed by atoms with Crippen LogP contribution in [0, 0.1) is 0 Å². The number of rotatable bonds is 4. The van der Waals surface area contributed by atoms with Gasteiger partial charge in [0.15, 0.2) is 0 Å². The maximum absolute atomic E-state index is 11.9. The third-order valence-electron chi connectivity index (χ3n) is 2.97. The monoisotopic (exact) mass is 284 g/mol. The van der Waals surface area contributed by atoms with Crippen LogP contribution in [0.25, 0.3) is 0 Å². The lowest BCUT2D eigenvalue weighted by atomic mass is 10.1. The summed E-state index contributed by atoms with van der Waals surface area (Å²) in [4.78, 5) is 11.9. The molecule has 0 unspecified atom stereocenters. The van der Waals surface area contributed by atoms with E-state index in [0.29, 0.717) is 23.3 Å². The first kappa shape index (κ1) is 14.6. The first-order chi connectivity index (χ1) is 10.1. The van der Waals surface area contributed by atoms with Crippen LogP contribution in [0.4, 0.5) is 0 Å². The number of benzene rings is 2. The van der Waals surface area contributed by atoms with E-state index in [2.05, 4.69) is 10.5 Å². The van der Waals surface area contributed by atoms with Gasteiger partial charge in [0.25, 0.3) is 5.91 Å². The van der Waals surface area contributed by atoms with Gasteiger partial charge < -0.3 is 10.2 Å². The Balaban J connectivity index is 2.16. The van der Waals surface area contributed by atoms with Gasteiger partial charge in [0.2, 0.25) is 0 Å². The van der Waals surface area contributed by atoms with Gasteiger partial charge in [-0.05, 0) is 42.8 Å². The highest BCUT2D eigenvalue weighted by Gasteiger charge is 2.08. The molecule has 0 aliphatic heterocycles. The lowest BCUT2D eigenvalue weighted by Crippen LogP contribution is -2.19. The van der Waals surface area contributed by atoms with Crippen LogP contribution < -0.4 is 5.43 Å². The normalized spacial score (nSPS) is 11.2. The van der Waals surface area contributed by atoms with Crippen molar-refractivity contribution in [1.82, 2.24) is 5.43 Å². The van der Waals surface area contributed by atoms with E-state index in [1.807, 2.05) is 6.92 Å². The molecule has 2 rings (SSSR count). The van der Waals surface area contributed by atoms with E-state index in [1.165, 1.54) is 24.3 Å². The molecule has 0 radical (unpaired) electrons. The number of carbonyl (C=O) groups excluding carboxylic acids is 1. The van der Waals surface area contributed by atoms with Gasteiger partial charge in [-0.2, -0.15) is 5.10 Å². The molecule has 1 amide bonds.